The van der Waals surface area contributed by atoms with Crippen molar-refractivity contribution in [1.29, 1.82) is 0 Å². The van der Waals surface area contributed by atoms with Crippen LogP contribution in [0.5, 0.6) is 5.75 Å². The predicted octanol–water partition coefficient (Wildman–Crippen LogP) is 2.17. The Kier molecular flexibility index (Phi) is 28.0. The van der Waals surface area contributed by atoms with Crippen LogP contribution in [0.25, 0.3) is 10.9 Å². The van der Waals surface area contributed by atoms with Crippen molar-refractivity contribution in [3.8, 4) is 5.75 Å². The Morgan fingerprint density at radius 3 is 1.98 bits per heavy atom. The first-order valence-corrected chi connectivity index (χ1v) is 31.5. The summed E-state index contributed by atoms with van der Waals surface area (Å²) in [6.45, 7) is 10.0. The zero-order valence-electron chi connectivity index (χ0n) is 49.6. The zero-order valence-corrected chi connectivity index (χ0v) is 51.2. The average Bonchev–Trinajstić information content (AvgIpc) is 2.30. The number of hydrogen-bond donors (Lipinski definition) is 14. The van der Waals surface area contributed by atoms with E-state index in [2.05, 4.69) is 52.8 Å². The minimum Gasteiger partial charge on any atom is -0.508 e. The molecule has 1 aliphatic heterocycles. The van der Waals surface area contributed by atoms with Gasteiger partial charge in [0, 0.05) is 54.5 Å². The molecule has 4 aromatic rings. The number of aromatic amines is 1. The monoisotopic (exact) mass is 1230 g/mol. The van der Waals surface area contributed by atoms with Gasteiger partial charge in [-0.25, -0.2) is 4.79 Å². The molecule has 0 bridgehead atoms. The quantitative estimate of drug-likeness (QED) is 0.0374. The van der Waals surface area contributed by atoms with Crippen molar-refractivity contribution >= 4 is 85.8 Å². The van der Waals surface area contributed by atoms with Crippen molar-refractivity contribution in [2.75, 3.05) is 24.6 Å². The minimum atomic E-state index is -1.78. The Hall–Kier alpha value is -7.39. The summed E-state index contributed by atoms with van der Waals surface area (Å²) in [7, 11) is 1.95. The van der Waals surface area contributed by atoms with Crippen LogP contribution < -0.4 is 53.6 Å². The van der Waals surface area contributed by atoms with Crippen molar-refractivity contribution < 1.29 is 63.2 Å². The Balaban J connectivity index is 1.58. The molecule has 3 aromatic carbocycles. The summed E-state index contributed by atoms with van der Waals surface area (Å²) in [6, 6.07) is 10.2. The van der Waals surface area contributed by atoms with Gasteiger partial charge in [-0.3, -0.25) is 38.4 Å². The maximum absolute atomic E-state index is 15.0. The number of carbonyl (C=O) groups excluding carboxylic acids is 9. The number of aliphatic hydroxyl groups is 2. The van der Waals surface area contributed by atoms with Gasteiger partial charge in [-0.2, -0.15) is 0 Å². The van der Waals surface area contributed by atoms with Crippen molar-refractivity contribution in [1.82, 2.24) is 52.8 Å². The summed E-state index contributed by atoms with van der Waals surface area (Å²) >= 11 is 0. The van der Waals surface area contributed by atoms with Crippen LogP contribution in [0, 0.1) is 0 Å². The first kappa shape index (κ1) is 69.4. The Labute approximate surface area is 509 Å². The summed E-state index contributed by atoms with van der Waals surface area (Å²) in [5, 5.41) is 56.9. The average molecular weight is 1230 g/mol. The maximum Gasteiger partial charge on any atom is 0.407 e. The highest BCUT2D eigenvalue weighted by atomic mass is 33.1. The van der Waals surface area contributed by atoms with E-state index in [1.807, 2.05) is 25.1 Å². The van der Waals surface area contributed by atoms with E-state index in [0.29, 0.717) is 28.5 Å². The molecule has 470 valence electrons. The number of ether oxygens (including phenoxy) is 1. The highest BCUT2D eigenvalue weighted by molar-refractivity contribution is 8.76. The fourth-order valence-electron chi connectivity index (χ4n) is 9.16. The number of carbonyl (C=O) groups is 9. The highest BCUT2D eigenvalue weighted by Crippen LogP contribution is 2.25. The number of para-hydroxylation sites is 1. The molecule has 24 nitrogen and oxygen atoms in total. The number of benzene rings is 3. The number of hydrogen-bond acceptors (Lipinski definition) is 16. The number of alkyl carbamates (subject to hydrolysis) is 1. The minimum absolute atomic E-state index is 0.0727. The van der Waals surface area contributed by atoms with Gasteiger partial charge in [0.25, 0.3) is 0 Å². The Morgan fingerprint density at radius 2 is 1.30 bits per heavy atom. The molecular weight excluding hydrogens is 1150 g/mol. The molecule has 10 atom stereocenters. The standard InChI is InChI=1S/C60H85N11O13S2/c1-7-8-9-16-27-62-57(81)49(35(2)72)70-56(80)48-34-86-85-33-47(68-51(75)42(61)29-37-18-11-10-12-19-37)55(79)66-45(30-38-23-25-40(74)26-24-38)53(77)67-46(31-39-32-64-43-21-14-13-20-41(39)43)54(78)65-44(52(76)71-50(36(3)73)58(82)69-48)22-15-17-28-63-59(83)84-60(4,5)6/h10-14,18-21,23-26,32,35-36,42,44-50,64,72-74H,7-9,15-17,22,27-31,33-34,61H2,1-6H3,(H,62,81)(H,63,83)(H,65,78)(H,66,79)(H,67,77)(H,68,75)(H,69,82)(H,70,80)(H,71,76)/t35-,36-,42-,44+,45+,46-,47+,48+,49+,50+/m1/s1. The number of aliphatic hydroxyl groups excluding tert-OH is 2. The van der Waals surface area contributed by atoms with Crippen molar-refractivity contribution in [2.45, 2.75) is 172 Å². The van der Waals surface area contributed by atoms with E-state index in [9.17, 15) is 58.5 Å². The first-order valence-electron chi connectivity index (χ1n) is 29.0. The number of rotatable bonds is 23. The van der Waals surface area contributed by atoms with E-state index in [1.54, 1.807) is 75.5 Å². The molecule has 1 saturated heterocycles. The van der Waals surface area contributed by atoms with Crippen molar-refractivity contribution in [3.63, 3.8) is 0 Å². The summed E-state index contributed by atoms with van der Waals surface area (Å²) in [5.41, 5.74) is 8.16. The molecule has 86 heavy (non-hydrogen) atoms. The molecule has 9 amide bonds. The topological polar surface area (TPSA) is 374 Å². The Bertz CT molecular complexity index is 2890. The van der Waals surface area contributed by atoms with Crippen LogP contribution in [0.2, 0.25) is 0 Å². The molecular formula is C60H85N11O13S2. The van der Waals surface area contributed by atoms with E-state index in [4.69, 9.17) is 10.5 Å². The van der Waals surface area contributed by atoms with E-state index >= 15 is 0 Å². The number of amides is 9. The molecule has 0 aliphatic carbocycles. The number of phenolic OH excluding ortho intramolecular Hbond substituents is 1. The van der Waals surface area contributed by atoms with Crippen LogP contribution in [0.1, 0.15) is 103 Å². The summed E-state index contributed by atoms with van der Waals surface area (Å²) in [5.74, 6) is -7.56. The second-order valence-electron chi connectivity index (χ2n) is 22.3. The molecule has 0 radical (unpaired) electrons. The van der Waals surface area contributed by atoms with E-state index in [1.165, 1.54) is 26.0 Å². The highest BCUT2D eigenvalue weighted by Gasteiger charge is 2.37. The normalized spacial score (nSPS) is 20.9. The molecule has 1 fully saturated rings. The lowest BCUT2D eigenvalue weighted by Crippen LogP contribution is -2.63. The van der Waals surface area contributed by atoms with E-state index < -0.39 is 119 Å². The number of unbranched alkanes of at least 4 members (excludes halogenated alkanes) is 4. The largest absolute Gasteiger partial charge is 0.508 e. The summed E-state index contributed by atoms with van der Waals surface area (Å²) in [6.07, 6.45) is 1.39. The molecule has 0 saturated carbocycles. The third-order valence-corrected chi connectivity index (χ3v) is 16.3. The molecule has 15 N–H and O–H groups in total. The lowest BCUT2D eigenvalue weighted by molar-refractivity contribution is -0.137. The van der Waals surface area contributed by atoms with E-state index in [0.717, 1.165) is 46.4 Å². The molecule has 1 aromatic heterocycles. The van der Waals surface area contributed by atoms with Crippen molar-refractivity contribution in [2.24, 2.45) is 5.73 Å². The molecule has 0 unspecified atom stereocenters. The fraction of sp³-hybridized carbons (Fsp3) is 0.517. The van der Waals surface area contributed by atoms with Crippen LogP contribution in [-0.2, 0) is 62.4 Å². The lowest BCUT2D eigenvalue weighted by atomic mass is 10.0. The van der Waals surface area contributed by atoms with Gasteiger partial charge in [-0.15, -0.1) is 0 Å². The molecule has 1 aliphatic rings. The number of fused-ring (bicyclic) bond motifs is 1. The number of aromatic hydroxyl groups is 1. The van der Waals surface area contributed by atoms with Gasteiger partial charge in [0.1, 0.15) is 53.6 Å². The molecule has 0 spiro atoms. The van der Waals surface area contributed by atoms with Gasteiger partial charge in [0.15, 0.2) is 0 Å². The molecule has 26 heteroatoms. The lowest BCUT2D eigenvalue weighted by Gasteiger charge is -2.29. The van der Waals surface area contributed by atoms with Gasteiger partial charge in [-0.1, -0.05) is 108 Å². The number of phenols is 1. The van der Waals surface area contributed by atoms with Crippen LogP contribution in [0.4, 0.5) is 4.79 Å². The maximum atomic E-state index is 15.0. The molecule has 2 heterocycles. The summed E-state index contributed by atoms with van der Waals surface area (Å²) < 4.78 is 5.35. The second kappa shape index (κ2) is 34.7. The van der Waals surface area contributed by atoms with E-state index in [-0.39, 0.29) is 68.9 Å². The van der Waals surface area contributed by atoms with Crippen LogP contribution in [0.15, 0.2) is 85.1 Å². The molecule has 5 rings (SSSR count). The van der Waals surface area contributed by atoms with Crippen LogP contribution >= 0.6 is 21.6 Å². The Morgan fingerprint density at radius 1 is 0.686 bits per heavy atom. The predicted molar refractivity (Wildman–Crippen MR) is 329 cm³/mol. The van der Waals surface area contributed by atoms with Gasteiger partial charge in [0.2, 0.25) is 47.3 Å². The smallest absolute Gasteiger partial charge is 0.407 e. The second-order valence-corrected chi connectivity index (χ2v) is 24.9. The van der Waals surface area contributed by atoms with Crippen molar-refractivity contribution in [3.05, 3.63) is 102 Å². The third kappa shape index (κ3) is 23.1. The van der Waals surface area contributed by atoms with Gasteiger partial charge in [-0.05, 0) is 102 Å². The first-order chi connectivity index (χ1) is 40.9. The number of H-pyrrole nitrogens is 1. The van der Waals surface area contributed by atoms with Crippen LogP contribution in [-0.4, -0.2) is 164 Å². The van der Waals surface area contributed by atoms with Gasteiger partial charge < -0.3 is 78.6 Å². The third-order valence-electron chi connectivity index (χ3n) is 13.9. The van der Waals surface area contributed by atoms with Gasteiger partial charge >= 0.3 is 6.09 Å². The fourth-order valence-corrected chi connectivity index (χ4v) is 11.5. The number of nitrogens with two attached hydrogens (primary N) is 1. The van der Waals surface area contributed by atoms with Crippen LogP contribution in [0.3, 0.4) is 0 Å². The SMILES string of the molecule is CCCCCCNC(=O)[C@@H](NC(=O)[C@@H]1CSSC[C@H](NC(=O)[C@H](N)Cc2ccccc2)C(=O)N[C@@H](Cc2ccc(O)cc2)C(=O)N[C@H](Cc2c[nH]c3ccccc23)C(=O)N[C@@H](CCCCNC(=O)OC(C)(C)C)C(=O)N[C@@H]([C@@H](C)O)C(=O)N1)[C@@H](C)O. The van der Waals surface area contributed by atoms with Gasteiger partial charge in [0.05, 0.1) is 18.2 Å². The summed E-state index contributed by atoms with van der Waals surface area (Å²) in [4.78, 5) is 131. The number of nitrogens with one attached hydrogen (secondary N) is 10. The number of aromatic nitrogens is 1. The zero-order chi connectivity index (χ0) is 62.9.